The molecule has 0 aromatic heterocycles. The number of benzene rings is 2. The molecule has 0 aliphatic heterocycles. The minimum absolute atomic E-state index is 0.219. The van der Waals surface area contributed by atoms with Crippen LogP contribution in [0.4, 0.5) is 0 Å². The second-order valence-corrected chi connectivity index (χ2v) is 4.91. The van der Waals surface area contributed by atoms with E-state index in [1.807, 2.05) is 12.1 Å². The molecule has 0 bridgehead atoms. The smallest absolute Gasteiger partial charge is 0.184 e. The van der Waals surface area contributed by atoms with Gasteiger partial charge in [-0.15, -0.1) is 0 Å². The van der Waals surface area contributed by atoms with Crippen molar-refractivity contribution in [3.8, 4) is 6.07 Å². The van der Waals surface area contributed by atoms with Crippen LogP contribution >= 0.6 is 11.6 Å². The van der Waals surface area contributed by atoms with E-state index in [-0.39, 0.29) is 5.78 Å². The summed E-state index contributed by atoms with van der Waals surface area (Å²) in [5, 5.41) is 9.75. The Bertz CT molecular complexity index is 655. The minimum Gasteiger partial charge on any atom is -0.292 e. The first-order chi connectivity index (χ1) is 9.67. The van der Waals surface area contributed by atoms with Gasteiger partial charge in [0.05, 0.1) is 6.07 Å². The lowest BCUT2D eigenvalue weighted by Gasteiger charge is -2.10. The molecule has 100 valence electrons. The number of carbonyl (C=O) groups is 1. The number of aryl methyl sites for hydroxylation is 1. The molecule has 0 fully saturated rings. The Hall–Kier alpha value is -2.11. The number of hydrogen-bond donors (Lipinski definition) is 0. The van der Waals surface area contributed by atoms with E-state index in [4.69, 9.17) is 11.6 Å². The van der Waals surface area contributed by atoms with Gasteiger partial charge in [0.25, 0.3) is 0 Å². The van der Waals surface area contributed by atoms with Gasteiger partial charge in [-0.1, -0.05) is 61.0 Å². The van der Waals surface area contributed by atoms with E-state index in [2.05, 4.69) is 13.0 Å². The number of nitriles is 1. The molecule has 2 rings (SSSR count). The van der Waals surface area contributed by atoms with E-state index >= 15 is 0 Å². The molecular weight excluding hydrogens is 270 g/mol. The van der Waals surface area contributed by atoms with Crippen LogP contribution in [0, 0.1) is 11.3 Å². The zero-order valence-corrected chi connectivity index (χ0v) is 11.9. The lowest BCUT2D eigenvalue weighted by molar-refractivity contribution is 0.0979. The average molecular weight is 284 g/mol. The average Bonchev–Trinajstić information content (AvgIpc) is 2.50. The third-order valence-corrected chi connectivity index (χ3v) is 3.60. The number of nitrogens with zero attached hydrogens (tertiary/aromatic N) is 1. The van der Waals surface area contributed by atoms with Crippen LogP contribution in [0.25, 0.3) is 0 Å². The van der Waals surface area contributed by atoms with Gasteiger partial charge in [0.1, 0.15) is 5.92 Å². The highest BCUT2D eigenvalue weighted by atomic mass is 35.5. The molecule has 0 heterocycles. The van der Waals surface area contributed by atoms with Crippen LogP contribution in [0.3, 0.4) is 0 Å². The van der Waals surface area contributed by atoms with Gasteiger partial charge in [0.15, 0.2) is 5.78 Å². The highest BCUT2D eigenvalue weighted by molar-refractivity contribution is 6.31. The van der Waals surface area contributed by atoms with E-state index in [0.29, 0.717) is 16.1 Å². The van der Waals surface area contributed by atoms with Crippen LogP contribution in [-0.4, -0.2) is 5.78 Å². The number of halogens is 1. The van der Waals surface area contributed by atoms with E-state index in [1.165, 1.54) is 0 Å². The molecule has 2 aromatic carbocycles. The van der Waals surface area contributed by atoms with E-state index < -0.39 is 5.92 Å². The Morgan fingerprint density at radius 2 is 1.85 bits per heavy atom. The normalized spacial score (nSPS) is 11.7. The minimum atomic E-state index is -0.865. The Labute approximate surface area is 123 Å². The maximum atomic E-state index is 12.4. The van der Waals surface area contributed by atoms with Crippen LogP contribution in [0.5, 0.6) is 0 Å². The summed E-state index contributed by atoms with van der Waals surface area (Å²) in [6.07, 6.45) is 0.917. The highest BCUT2D eigenvalue weighted by Crippen LogP contribution is 2.27. The summed E-state index contributed by atoms with van der Waals surface area (Å²) in [7, 11) is 0. The Morgan fingerprint density at radius 3 is 2.40 bits per heavy atom. The molecular formula is C17H14ClNO. The summed E-state index contributed by atoms with van der Waals surface area (Å²) >= 11 is 6.07. The molecule has 0 saturated carbocycles. The molecule has 0 radical (unpaired) electrons. The van der Waals surface area contributed by atoms with Gasteiger partial charge in [0.2, 0.25) is 0 Å². The molecule has 0 amide bonds. The van der Waals surface area contributed by atoms with Crippen molar-refractivity contribution >= 4 is 17.4 Å². The fourth-order valence-corrected chi connectivity index (χ4v) is 2.29. The van der Waals surface area contributed by atoms with Crippen LogP contribution in [0.1, 0.15) is 34.3 Å². The van der Waals surface area contributed by atoms with Crippen molar-refractivity contribution in [3.05, 3.63) is 70.2 Å². The van der Waals surface area contributed by atoms with Gasteiger partial charge >= 0.3 is 0 Å². The predicted molar refractivity (Wildman–Crippen MR) is 80.0 cm³/mol. The lowest BCUT2D eigenvalue weighted by atomic mass is 9.91. The highest BCUT2D eigenvalue weighted by Gasteiger charge is 2.23. The molecule has 0 N–H and O–H groups in total. The summed E-state index contributed by atoms with van der Waals surface area (Å²) in [5.41, 5.74) is 2.25. The van der Waals surface area contributed by atoms with Crippen LogP contribution in [-0.2, 0) is 6.42 Å². The number of rotatable bonds is 4. The fraction of sp³-hybridized carbons (Fsp3) is 0.176. The topological polar surface area (TPSA) is 40.9 Å². The first kappa shape index (κ1) is 14.3. The van der Waals surface area contributed by atoms with Crippen molar-refractivity contribution in [2.45, 2.75) is 19.3 Å². The number of hydrogen-bond acceptors (Lipinski definition) is 2. The lowest BCUT2D eigenvalue weighted by Crippen LogP contribution is -2.11. The third-order valence-electron chi connectivity index (χ3n) is 3.25. The van der Waals surface area contributed by atoms with Crippen LogP contribution < -0.4 is 0 Å². The van der Waals surface area contributed by atoms with Crippen LogP contribution in [0.15, 0.2) is 48.5 Å². The molecule has 20 heavy (non-hydrogen) atoms. The zero-order chi connectivity index (χ0) is 14.5. The Morgan fingerprint density at radius 1 is 1.20 bits per heavy atom. The van der Waals surface area contributed by atoms with Gasteiger partial charge in [0, 0.05) is 10.6 Å². The molecule has 1 atom stereocenters. The molecule has 0 aliphatic carbocycles. The maximum absolute atomic E-state index is 12.4. The second-order valence-electron chi connectivity index (χ2n) is 4.50. The molecule has 0 spiro atoms. The molecule has 1 unspecified atom stereocenters. The predicted octanol–water partition coefficient (Wildman–Crippen LogP) is 4.39. The van der Waals surface area contributed by atoms with Crippen molar-refractivity contribution in [1.82, 2.24) is 0 Å². The summed E-state index contributed by atoms with van der Waals surface area (Å²) in [5.74, 6) is -1.08. The van der Waals surface area contributed by atoms with Crippen molar-refractivity contribution < 1.29 is 4.79 Å². The number of ketones is 1. The van der Waals surface area contributed by atoms with Crippen molar-refractivity contribution in [2.75, 3.05) is 0 Å². The first-order valence-electron chi connectivity index (χ1n) is 6.44. The summed E-state index contributed by atoms with van der Waals surface area (Å²) in [6, 6.07) is 16.4. The summed E-state index contributed by atoms with van der Waals surface area (Å²) in [6.45, 7) is 2.05. The van der Waals surface area contributed by atoms with E-state index in [0.717, 1.165) is 12.0 Å². The monoisotopic (exact) mass is 283 g/mol. The molecule has 0 aliphatic rings. The quantitative estimate of drug-likeness (QED) is 0.781. The van der Waals surface area contributed by atoms with Gasteiger partial charge in [-0.2, -0.15) is 5.26 Å². The van der Waals surface area contributed by atoms with Crippen molar-refractivity contribution in [3.63, 3.8) is 0 Å². The molecule has 3 heteroatoms. The maximum Gasteiger partial charge on any atom is 0.184 e. The van der Waals surface area contributed by atoms with Crippen LogP contribution in [0.2, 0.25) is 5.02 Å². The number of carbonyl (C=O) groups excluding carboxylic acids is 1. The standard InChI is InChI=1S/C17H14ClNO/c1-2-12-7-9-13(10-8-12)17(20)15(11-19)14-5-3-4-6-16(14)18/h3-10,15H,2H2,1H3. The second kappa shape index (κ2) is 6.36. The first-order valence-corrected chi connectivity index (χ1v) is 6.82. The van der Waals surface area contributed by atoms with Gasteiger partial charge in [-0.3, -0.25) is 4.79 Å². The van der Waals surface area contributed by atoms with Gasteiger partial charge in [-0.25, -0.2) is 0 Å². The molecule has 2 aromatic rings. The van der Waals surface area contributed by atoms with Gasteiger partial charge in [-0.05, 0) is 23.6 Å². The molecule has 2 nitrogen and oxygen atoms in total. The summed E-state index contributed by atoms with van der Waals surface area (Å²) in [4.78, 5) is 12.4. The number of Topliss-reactive ketones (excluding diaryl/α,β-unsaturated/α-hetero) is 1. The van der Waals surface area contributed by atoms with Gasteiger partial charge < -0.3 is 0 Å². The summed E-state index contributed by atoms with van der Waals surface area (Å²) < 4.78 is 0. The van der Waals surface area contributed by atoms with Crippen molar-refractivity contribution in [2.24, 2.45) is 0 Å². The van der Waals surface area contributed by atoms with E-state index in [1.54, 1.807) is 36.4 Å². The van der Waals surface area contributed by atoms with Crippen molar-refractivity contribution in [1.29, 1.82) is 5.26 Å². The third kappa shape index (κ3) is 2.89. The Kier molecular flexibility index (Phi) is 4.55. The SMILES string of the molecule is CCc1ccc(C(=O)C(C#N)c2ccccc2Cl)cc1. The zero-order valence-electron chi connectivity index (χ0n) is 11.1. The largest absolute Gasteiger partial charge is 0.292 e. The fourth-order valence-electron chi connectivity index (χ4n) is 2.05. The Balaban J connectivity index is 2.35. The molecule has 0 saturated heterocycles. The van der Waals surface area contributed by atoms with E-state index in [9.17, 15) is 10.1 Å².